The SMILES string of the molecule is CN(C)[C@]1(c2cccc(P)c2)CC[C@]2(CC1)CNC(=O)N2CC1CC1. The number of rotatable bonds is 4. The van der Waals surface area contributed by atoms with Crippen molar-refractivity contribution in [3.05, 3.63) is 29.8 Å². The average Bonchev–Trinajstić information content (AvgIpc) is 3.37. The van der Waals surface area contributed by atoms with E-state index in [1.54, 1.807) is 0 Å². The van der Waals surface area contributed by atoms with E-state index in [1.807, 2.05) is 0 Å². The van der Waals surface area contributed by atoms with Gasteiger partial charge in [0, 0.05) is 18.6 Å². The quantitative estimate of drug-likeness (QED) is 0.839. The minimum atomic E-state index is 0.0394. The zero-order chi connectivity index (χ0) is 17.7. The number of carbonyl (C=O) groups excluding carboxylic acids is 1. The molecule has 1 heterocycles. The molecule has 1 N–H and O–H groups in total. The molecule has 1 aromatic carbocycles. The molecule has 0 radical (unpaired) electrons. The summed E-state index contributed by atoms with van der Waals surface area (Å²) in [5.41, 5.74) is 1.53. The van der Waals surface area contributed by atoms with E-state index in [9.17, 15) is 4.79 Å². The lowest BCUT2D eigenvalue weighted by Gasteiger charge is -2.51. The van der Waals surface area contributed by atoms with Gasteiger partial charge in [-0.05, 0) is 75.5 Å². The van der Waals surface area contributed by atoms with Gasteiger partial charge in [-0.3, -0.25) is 4.90 Å². The first kappa shape index (κ1) is 17.3. The first-order valence-corrected chi connectivity index (χ1v) is 10.1. The first-order chi connectivity index (χ1) is 12.0. The fourth-order valence-electron chi connectivity index (χ4n) is 4.88. The number of amides is 2. The standard InChI is InChI=1S/C20H30N3OP/c1-22(2)20(16-4-3-5-17(25)12-16)10-8-19(9-11-20)14-21-18(24)23(19)13-15-6-7-15/h3-5,12,15H,6-11,13-14,25H2,1-2H3,(H,21,24)/t19-,20+. The molecule has 1 aromatic rings. The molecule has 25 heavy (non-hydrogen) atoms. The van der Waals surface area contributed by atoms with Gasteiger partial charge in [0.15, 0.2) is 0 Å². The molecule has 136 valence electrons. The third kappa shape index (κ3) is 2.98. The molecule has 1 spiro atoms. The van der Waals surface area contributed by atoms with E-state index in [0.717, 1.165) is 44.7 Å². The van der Waals surface area contributed by atoms with Gasteiger partial charge in [0.1, 0.15) is 0 Å². The van der Waals surface area contributed by atoms with E-state index in [4.69, 9.17) is 0 Å². The van der Waals surface area contributed by atoms with Crippen molar-refractivity contribution in [1.29, 1.82) is 0 Å². The summed E-state index contributed by atoms with van der Waals surface area (Å²) >= 11 is 0. The molecule has 1 unspecified atom stereocenters. The maximum absolute atomic E-state index is 12.4. The van der Waals surface area contributed by atoms with Gasteiger partial charge in [0.2, 0.25) is 0 Å². The molecule has 1 saturated heterocycles. The second-order valence-electron chi connectivity index (χ2n) is 8.49. The number of nitrogens with zero attached hydrogens (tertiary/aromatic N) is 2. The zero-order valence-corrected chi connectivity index (χ0v) is 16.6. The molecule has 5 heteroatoms. The van der Waals surface area contributed by atoms with Crippen molar-refractivity contribution in [3.63, 3.8) is 0 Å². The van der Waals surface area contributed by atoms with Gasteiger partial charge in [-0.25, -0.2) is 4.79 Å². The van der Waals surface area contributed by atoms with Crippen LogP contribution in [0.3, 0.4) is 0 Å². The fourth-order valence-corrected chi connectivity index (χ4v) is 5.17. The van der Waals surface area contributed by atoms with Crippen LogP contribution in [0.25, 0.3) is 0 Å². The molecule has 0 bridgehead atoms. The minimum absolute atomic E-state index is 0.0394. The molecule has 1 atom stereocenters. The van der Waals surface area contributed by atoms with Crippen LogP contribution in [0.2, 0.25) is 0 Å². The highest BCUT2D eigenvalue weighted by Gasteiger charge is 2.52. The van der Waals surface area contributed by atoms with Crippen LogP contribution in [-0.2, 0) is 5.54 Å². The van der Waals surface area contributed by atoms with Crippen molar-refractivity contribution in [3.8, 4) is 0 Å². The van der Waals surface area contributed by atoms with Crippen molar-refractivity contribution in [2.24, 2.45) is 5.92 Å². The molecular formula is C20H30N3OP. The predicted octanol–water partition coefficient (Wildman–Crippen LogP) is 2.69. The van der Waals surface area contributed by atoms with Crippen LogP contribution in [0.4, 0.5) is 4.79 Å². The largest absolute Gasteiger partial charge is 0.336 e. The number of hydrogen-bond donors (Lipinski definition) is 1. The van der Waals surface area contributed by atoms with Crippen molar-refractivity contribution in [2.45, 2.75) is 49.6 Å². The molecule has 2 amide bonds. The van der Waals surface area contributed by atoms with Crippen LogP contribution < -0.4 is 10.6 Å². The lowest BCUT2D eigenvalue weighted by Crippen LogP contribution is -2.55. The van der Waals surface area contributed by atoms with Crippen LogP contribution in [0.5, 0.6) is 0 Å². The maximum Gasteiger partial charge on any atom is 0.318 e. The van der Waals surface area contributed by atoms with Crippen molar-refractivity contribution >= 4 is 20.6 Å². The highest BCUT2D eigenvalue weighted by atomic mass is 31.0. The molecular weight excluding hydrogens is 329 g/mol. The Morgan fingerprint density at radius 2 is 1.96 bits per heavy atom. The third-order valence-corrected chi connectivity index (χ3v) is 7.17. The van der Waals surface area contributed by atoms with Gasteiger partial charge in [-0.2, -0.15) is 0 Å². The third-order valence-electron chi connectivity index (χ3n) is 6.81. The van der Waals surface area contributed by atoms with Gasteiger partial charge >= 0.3 is 6.03 Å². The van der Waals surface area contributed by atoms with Gasteiger partial charge in [-0.1, -0.05) is 18.2 Å². The summed E-state index contributed by atoms with van der Waals surface area (Å²) in [5, 5.41) is 4.38. The Morgan fingerprint density at radius 3 is 2.56 bits per heavy atom. The Morgan fingerprint density at radius 1 is 1.24 bits per heavy atom. The van der Waals surface area contributed by atoms with Crippen molar-refractivity contribution in [2.75, 3.05) is 27.2 Å². The lowest BCUT2D eigenvalue weighted by atomic mass is 9.68. The van der Waals surface area contributed by atoms with Gasteiger partial charge in [0.25, 0.3) is 0 Å². The topological polar surface area (TPSA) is 35.6 Å². The molecule has 3 fully saturated rings. The second-order valence-corrected chi connectivity index (χ2v) is 9.16. The average molecular weight is 359 g/mol. The summed E-state index contributed by atoms with van der Waals surface area (Å²) in [6.45, 7) is 1.79. The molecule has 4 rings (SSSR count). The summed E-state index contributed by atoms with van der Waals surface area (Å²) in [6, 6.07) is 9.04. The van der Waals surface area contributed by atoms with Gasteiger partial charge in [0.05, 0.1) is 5.54 Å². The number of benzene rings is 1. The summed E-state index contributed by atoms with van der Waals surface area (Å²) in [5.74, 6) is 0.745. The lowest BCUT2D eigenvalue weighted by molar-refractivity contribution is 0.0247. The number of hydrogen-bond acceptors (Lipinski definition) is 2. The fraction of sp³-hybridized carbons (Fsp3) is 0.650. The first-order valence-electron chi connectivity index (χ1n) is 9.54. The smallest absolute Gasteiger partial charge is 0.318 e. The second kappa shape index (κ2) is 6.25. The number of carbonyl (C=O) groups is 1. The van der Waals surface area contributed by atoms with Crippen molar-refractivity contribution < 1.29 is 4.79 Å². The van der Waals surface area contributed by atoms with E-state index in [2.05, 4.69) is 62.7 Å². The molecule has 0 aromatic heterocycles. The highest BCUT2D eigenvalue weighted by Crippen LogP contribution is 2.48. The summed E-state index contributed by atoms with van der Waals surface area (Å²) < 4.78 is 0. The van der Waals surface area contributed by atoms with E-state index < -0.39 is 0 Å². The van der Waals surface area contributed by atoms with Gasteiger partial charge in [-0.15, -0.1) is 9.24 Å². The van der Waals surface area contributed by atoms with E-state index in [-0.39, 0.29) is 17.1 Å². The normalized spacial score (nSPS) is 32.5. The summed E-state index contributed by atoms with van der Waals surface area (Å²) in [6.07, 6.45) is 6.95. The van der Waals surface area contributed by atoms with Crippen LogP contribution in [0, 0.1) is 5.92 Å². The van der Waals surface area contributed by atoms with Crippen LogP contribution >= 0.6 is 9.24 Å². The maximum atomic E-state index is 12.4. The Labute approximate surface area is 153 Å². The molecule has 2 aliphatic carbocycles. The van der Waals surface area contributed by atoms with Crippen molar-refractivity contribution in [1.82, 2.24) is 15.1 Å². The molecule has 3 aliphatic rings. The van der Waals surface area contributed by atoms with E-state index in [1.165, 1.54) is 23.7 Å². The zero-order valence-electron chi connectivity index (χ0n) is 15.4. The predicted molar refractivity (Wildman–Crippen MR) is 105 cm³/mol. The monoisotopic (exact) mass is 359 g/mol. The van der Waals surface area contributed by atoms with E-state index in [0.29, 0.717) is 0 Å². The summed E-state index contributed by atoms with van der Waals surface area (Å²) in [4.78, 5) is 17.0. The highest BCUT2D eigenvalue weighted by molar-refractivity contribution is 7.27. The Kier molecular flexibility index (Phi) is 4.32. The van der Waals surface area contributed by atoms with Crippen LogP contribution in [-0.4, -0.2) is 48.6 Å². The van der Waals surface area contributed by atoms with Crippen LogP contribution in [0.1, 0.15) is 44.1 Å². The van der Waals surface area contributed by atoms with Crippen LogP contribution in [0.15, 0.2) is 24.3 Å². The minimum Gasteiger partial charge on any atom is -0.336 e. The summed E-state index contributed by atoms with van der Waals surface area (Å²) in [7, 11) is 7.23. The molecule has 4 nitrogen and oxygen atoms in total. The Bertz CT molecular complexity index is 663. The molecule has 2 saturated carbocycles. The number of nitrogens with one attached hydrogen (secondary N) is 1. The molecule has 1 aliphatic heterocycles. The number of urea groups is 1. The van der Waals surface area contributed by atoms with Gasteiger partial charge < -0.3 is 10.2 Å². The Balaban J connectivity index is 1.58. The Hall–Kier alpha value is -1.12. The van der Waals surface area contributed by atoms with E-state index >= 15 is 0 Å².